The van der Waals surface area contributed by atoms with Gasteiger partial charge in [0.15, 0.2) is 0 Å². The van der Waals surface area contributed by atoms with E-state index in [-0.39, 0.29) is 0 Å². The first-order chi connectivity index (χ1) is 9.20. The third kappa shape index (κ3) is 5.03. The molecule has 1 N–H and O–H groups in total. The molecule has 0 bridgehead atoms. The molecule has 0 amide bonds. The highest BCUT2D eigenvalue weighted by Gasteiger charge is 2.15. The van der Waals surface area contributed by atoms with E-state index in [9.17, 15) is 0 Å². The number of methoxy groups -OCH3 is 1. The Balaban J connectivity index is 2.77. The Labute approximate surface area is 115 Å². The molecule has 1 rings (SSSR count). The first-order valence-electron chi connectivity index (χ1n) is 6.91. The van der Waals surface area contributed by atoms with Crippen LogP contribution in [-0.4, -0.2) is 36.8 Å². The van der Waals surface area contributed by atoms with Crippen molar-refractivity contribution in [3.8, 4) is 5.88 Å². The van der Waals surface area contributed by atoms with Crippen LogP contribution in [0.25, 0.3) is 0 Å². The summed E-state index contributed by atoms with van der Waals surface area (Å²) in [5.74, 6) is 1.88. The summed E-state index contributed by atoms with van der Waals surface area (Å²) in [6.07, 6.45) is 3.47. The molecule has 1 heterocycles. The van der Waals surface area contributed by atoms with Crippen molar-refractivity contribution in [3.05, 3.63) is 11.9 Å². The summed E-state index contributed by atoms with van der Waals surface area (Å²) in [6, 6.07) is 0. The van der Waals surface area contributed by atoms with Crippen LogP contribution in [0.15, 0.2) is 6.33 Å². The number of aromatic nitrogens is 2. The molecule has 0 aliphatic carbocycles. The molecular weight excluding hydrogens is 242 g/mol. The smallest absolute Gasteiger partial charge is 0.222 e. The van der Waals surface area contributed by atoms with Crippen molar-refractivity contribution in [2.45, 2.75) is 39.5 Å². The van der Waals surface area contributed by atoms with Gasteiger partial charge in [-0.1, -0.05) is 20.8 Å². The van der Waals surface area contributed by atoms with E-state index in [2.05, 4.69) is 36.1 Å². The Bertz CT molecular complexity index is 370. The second kappa shape index (κ2) is 8.69. The van der Waals surface area contributed by atoms with Gasteiger partial charge in [-0.15, -0.1) is 0 Å². The number of ether oxygens (including phenoxy) is 2. The van der Waals surface area contributed by atoms with Crippen molar-refractivity contribution in [1.29, 1.82) is 0 Å². The van der Waals surface area contributed by atoms with E-state index in [0.29, 0.717) is 25.0 Å². The molecule has 0 aliphatic heterocycles. The predicted molar refractivity (Wildman–Crippen MR) is 76.9 cm³/mol. The van der Waals surface area contributed by atoms with Crippen LogP contribution in [0.4, 0.5) is 5.82 Å². The molecule has 0 saturated heterocycles. The predicted octanol–water partition coefficient (Wildman–Crippen LogP) is 2.84. The molecule has 108 valence electrons. The number of rotatable bonds is 9. The van der Waals surface area contributed by atoms with Crippen LogP contribution in [-0.2, 0) is 4.74 Å². The molecule has 5 heteroatoms. The molecule has 0 aliphatic rings. The summed E-state index contributed by atoms with van der Waals surface area (Å²) in [6.45, 7) is 8.59. The van der Waals surface area contributed by atoms with Crippen LogP contribution in [0, 0.1) is 0 Å². The molecule has 1 aromatic heterocycles. The SMILES string of the molecule is CCCNc1ncnc(OCCCOC)c1C(C)C. The van der Waals surface area contributed by atoms with Crippen molar-refractivity contribution < 1.29 is 9.47 Å². The lowest BCUT2D eigenvalue weighted by atomic mass is 10.1. The Morgan fingerprint density at radius 1 is 1.26 bits per heavy atom. The van der Waals surface area contributed by atoms with E-state index in [1.54, 1.807) is 13.4 Å². The summed E-state index contributed by atoms with van der Waals surface area (Å²) in [5.41, 5.74) is 1.05. The fourth-order valence-electron chi connectivity index (χ4n) is 1.77. The highest BCUT2D eigenvalue weighted by atomic mass is 16.5. The lowest BCUT2D eigenvalue weighted by molar-refractivity contribution is 0.170. The van der Waals surface area contributed by atoms with Gasteiger partial charge in [0.1, 0.15) is 12.1 Å². The molecular formula is C14H25N3O2. The number of hydrogen-bond donors (Lipinski definition) is 1. The van der Waals surface area contributed by atoms with Gasteiger partial charge in [0, 0.05) is 26.7 Å². The second-order valence-electron chi connectivity index (χ2n) is 4.72. The topological polar surface area (TPSA) is 56.3 Å². The maximum atomic E-state index is 5.75. The summed E-state index contributed by atoms with van der Waals surface area (Å²) >= 11 is 0. The molecule has 0 radical (unpaired) electrons. The lowest BCUT2D eigenvalue weighted by Crippen LogP contribution is -2.11. The zero-order valence-corrected chi connectivity index (χ0v) is 12.4. The van der Waals surface area contributed by atoms with Crippen molar-refractivity contribution in [2.75, 3.05) is 32.2 Å². The zero-order chi connectivity index (χ0) is 14.1. The Morgan fingerprint density at radius 2 is 2.05 bits per heavy atom. The fourth-order valence-corrected chi connectivity index (χ4v) is 1.77. The van der Waals surface area contributed by atoms with Gasteiger partial charge in [0.2, 0.25) is 5.88 Å². The highest BCUT2D eigenvalue weighted by Crippen LogP contribution is 2.29. The average molecular weight is 267 g/mol. The monoisotopic (exact) mass is 267 g/mol. The van der Waals surface area contributed by atoms with Gasteiger partial charge in [-0.25, -0.2) is 9.97 Å². The lowest BCUT2D eigenvalue weighted by Gasteiger charge is -2.16. The molecule has 0 aromatic carbocycles. The summed E-state index contributed by atoms with van der Waals surface area (Å²) < 4.78 is 10.8. The quantitative estimate of drug-likeness (QED) is 0.697. The van der Waals surface area contributed by atoms with Crippen LogP contribution < -0.4 is 10.1 Å². The van der Waals surface area contributed by atoms with Gasteiger partial charge < -0.3 is 14.8 Å². The summed E-state index contributed by atoms with van der Waals surface area (Å²) in [5, 5.41) is 3.33. The van der Waals surface area contributed by atoms with E-state index in [4.69, 9.17) is 9.47 Å². The largest absolute Gasteiger partial charge is 0.477 e. The van der Waals surface area contributed by atoms with Gasteiger partial charge in [0.05, 0.1) is 12.2 Å². The second-order valence-corrected chi connectivity index (χ2v) is 4.72. The molecule has 0 spiro atoms. The van der Waals surface area contributed by atoms with Crippen LogP contribution >= 0.6 is 0 Å². The molecule has 19 heavy (non-hydrogen) atoms. The summed E-state index contributed by atoms with van der Waals surface area (Å²) in [7, 11) is 1.69. The Hall–Kier alpha value is -1.36. The molecule has 1 aromatic rings. The van der Waals surface area contributed by atoms with E-state index >= 15 is 0 Å². The first-order valence-corrected chi connectivity index (χ1v) is 6.91. The Kier molecular flexibility index (Phi) is 7.18. The van der Waals surface area contributed by atoms with Crippen LogP contribution in [0.3, 0.4) is 0 Å². The summed E-state index contributed by atoms with van der Waals surface area (Å²) in [4.78, 5) is 8.57. The first kappa shape index (κ1) is 15.7. The molecule has 0 atom stereocenters. The molecule has 5 nitrogen and oxygen atoms in total. The van der Waals surface area contributed by atoms with E-state index < -0.39 is 0 Å². The highest BCUT2D eigenvalue weighted by molar-refractivity contribution is 5.50. The van der Waals surface area contributed by atoms with Gasteiger partial charge in [-0.2, -0.15) is 0 Å². The van der Waals surface area contributed by atoms with Crippen molar-refractivity contribution in [1.82, 2.24) is 9.97 Å². The minimum atomic E-state index is 0.318. The number of anilines is 1. The standard InChI is InChI=1S/C14H25N3O2/c1-5-7-15-13-12(11(2)3)14(17-10-16-13)19-9-6-8-18-4/h10-11H,5-9H2,1-4H3,(H,15,16,17). The van der Waals surface area contributed by atoms with Crippen molar-refractivity contribution in [2.24, 2.45) is 0 Å². The normalized spacial score (nSPS) is 10.8. The third-order valence-electron chi connectivity index (χ3n) is 2.70. The average Bonchev–Trinajstić information content (AvgIpc) is 2.41. The van der Waals surface area contributed by atoms with Gasteiger partial charge in [-0.05, 0) is 12.3 Å². The van der Waals surface area contributed by atoms with Crippen molar-refractivity contribution >= 4 is 5.82 Å². The van der Waals surface area contributed by atoms with Gasteiger partial charge >= 0.3 is 0 Å². The number of nitrogens with zero attached hydrogens (tertiary/aromatic N) is 2. The maximum Gasteiger partial charge on any atom is 0.222 e. The zero-order valence-electron chi connectivity index (χ0n) is 12.4. The minimum Gasteiger partial charge on any atom is -0.477 e. The van der Waals surface area contributed by atoms with E-state index in [1.807, 2.05) is 0 Å². The minimum absolute atomic E-state index is 0.318. The van der Waals surface area contributed by atoms with Gasteiger partial charge in [0.25, 0.3) is 0 Å². The van der Waals surface area contributed by atoms with Crippen molar-refractivity contribution in [3.63, 3.8) is 0 Å². The van der Waals surface area contributed by atoms with Gasteiger partial charge in [-0.3, -0.25) is 0 Å². The molecule has 0 unspecified atom stereocenters. The van der Waals surface area contributed by atoms with Crippen LogP contribution in [0.5, 0.6) is 5.88 Å². The van der Waals surface area contributed by atoms with Crippen LogP contribution in [0.2, 0.25) is 0 Å². The number of nitrogens with one attached hydrogen (secondary N) is 1. The molecule has 0 fully saturated rings. The number of hydrogen-bond acceptors (Lipinski definition) is 5. The fraction of sp³-hybridized carbons (Fsp3) is 0.714. The maximum absolute atomic E-state index is 5.75. The van der Waals surface area contributed by atoms with Crippen LogP contribution in [0.1, 0.15) is 45.1 Å². The Morgan fingerprint density at radius 3 is 2.68 bits per heavy atom. The third-order valence-corrected chi connectivity index (χ3v) is 2.70. The van der Waals surface area contributed by atoms with E-state index in [0.717, 1.165) is 30.8 Å². The van der Waals surface area contributed by atoms with E-state index in [1.165, 1.54) is 0 Å². The molecule has 0 saturated carbocycles.